The van der Waals surface area contributed by atoms with Crippen LogP contribution in [0.25, 0.3) is 0 Å². The lowest BCUT2D eigenvalue weighted by molar-refractivity contribution is 0.142. The quantitative estimate of drug-likeness (QED) is 0.623. The second-order valence-electron chi connectivity index (χ2n) is 5.10. The van der Waals surface area contributed by atoms with Crippen LogP contribution in [0.5, 0.6) is 0 Å². The van der Waals surface area contributed by atoms with E-state index in [1.165, 1.54) is 32.6 Å². The Kier molecular flexibility index (Phi) is 4.14. The minimum atomic E-state index is 0.324. The molecule has 0 aromatic rings. The predicted octanol–water partition coefficient (Wildman–Crippen LogP) is 1.98. The summed E-state index contributed by atoms with van der Waals surface area (Å²) in [4.78, 5) is 5.06. The third kappa shape index (κ3) is 3.43. The Morgan fingerprint density at radius 1 is 1.14 bits per heavy atom. The van der Waals surface area contributed by atoms with Gasteiger partial charge in [-0.15, -0.1) is 6.58 Å². The Balaban J connectivity index is 2.44. The van der Waals surface area contributed by atoms with E-state index in [2.05, 4.69) is 37.1 Å². The summed E-state index contributed by atoms with van der Waals surface area (Å²) in [5.41, 5.74) is 0.324. The topological polar surface area (TPSA) is 6.48 Å². The fraction of sp³-hybridized carbons (Fsp3) is 0.833. The first kappa shape index (κ1) is 11.7. The van der Waals surface area contributed by atoms with Crippen molar-refractivity contribution in [3.63, 3.8) is 0 Å². The summed E-state index contributed by atoms with van der Waals surface area (Å²) >= 11 is 0. The van der Waals surface area contributed by atoms with Crippen LogP contribution in [0.3, 0.4) is 0 Å². The van der Waals surface area contributed by atoms with Gasteiger partial charge >= 0.3 is 0 Å². The van der Waals surface area contributed by atoms with Gasteiger partial charge in [0.2, 0.25) is 0 Å². The Labute approximate surface area is 88.6 Å². The molecule has 1 rings (SSSR count). The first-order chi connectivity index (χ1) is 6.54. The van der Waals surface area contributed by atoms with Crippen molar-refractivity contribution in [2.24, 2.45) is 0 Å². The monoisotopic (exact) mass is 196 g/mol. The second-order valence-corrected chi connectivity index (χ2v) is 5.10. The van der Waals surface area contributed by atoms with Crippen molar-refractivity contribution in [2.75, 3.05) is 32.7 Å². The predicted molar refractivity (Wildman–Crippen MR) is 62.6 cm³/mol. The molecule has 0 aromatic heterocycles. The standard InChI is InChI=1S/C12H24N2/c1-5-7-13-8-6-9-14(11-10-13)12(2,3)4/h5H,1,6-11H2,2-4H3. The maximum Gasteiger partial charge on any atom is 0.0161 e. The minimum absolute atomic E-state index is 0.324. The molecule has 1 saturated heterocycles. The zero-order valence-corrected chi connectivity index (χ0v) is 9.92. The summed E-state index contributed by atoms with van der Waals surface area (Å²) in [6.45, 7) is 16.6. The highest BCUT2D eigenvalue weighted by atomic mass is 15.2. The Morgan fingerprint density at radius 2 is 1.86 bits per heavy atom. The summed E-state index contributed by atoms with van der Waals surface area (Å²) < 4.78 is 0. The molecule has 0 bridgehead atoms. The van der Waals surface area contributed by atoms with Crippen LogP contribution in [0.1, 0.15) is 27.2 Å². The van der Waals surface area contributed by atoms with E-state index in [0.29, 0.717) is 5.54 Å². The highest BCUT2D eigenvalue weighted by Gasteiger charge is 2.23. The minimum Gasteiger partial charge on any atom is -0.298 e. The van der Waals surface area contributed by atoms with Gasteiger partial charge in [0.1, 0.15) is 0 Å². The molecule has 14 heavy (non-hydrogen) atoms. The van der Waals surface area contributed by atoms with Crippen molar-refractivity contribution >= 4 is 0 Å². The molecule has 0 saturated carbocycles. The molecule has 1 heterocycles. The van der Waals surface area contributed by atoms with Crippen LogP contribution in [0, 0.1) is 0 Å². The fourth-order valence-electron chi connectivity index (χ4n) is 2.01. The maximum absolute atomic E-state index is 3.80. The molecule has 0 unspecified atom stereocenters. The summed E-state index contributed by atoms with van der Waals surface area (Å²) in [6.07, 6.45) is 3.29. The van der Waals surface area contributed by atoms with E-state index < -0.39 is 0 Å². The zero-order valence-electron chi connectivity index (χ0n) is 9.92. The number of hydrogen-bond acceptors (Lipinski definition) is 2. The van der Waals surface area contributed by atoms with Crippen LogP contribution >= 0.6 is 0 Å². The van der Waals surface area contributed by atoms with Crippen molar-refractivity contribution in [1.82, 2.24) is 9.80 Å². The SMILES string of the molecule is C=CCN1CCCN(C(C)(C)C)CC1. The second kappa shape index (κ2) is 4.94. The Morgan fingerprint density at radius 3 is 2.43 bits per heavy atom. The van der Waals surface area contributed by atoms with Crippen LogP contribution in [0.15, 0.2) is 12.7 Å². The van der Waals surface area contributed by atoms with Crippen molar-refractivity contribution in [3.05, 3.63) is 12.7 Å². The van der Waals surface area contributed by atoms with Crippen LogP contribution in [-0.2, 0) is 0 Å². The molecule has 1 aliphatic heterocycles. The summed E-state index contributed by atoms with van der Waals surface area (Å²) in [7, 11) is 0. The maximum atomic E-state index is 3.80. The highest BCUT2D eigenvalue weighted by molar-refractivity contribution is 4.82. The van der Waals surface area contributed by atoms with Crippen LogP contribution < -0.4 is 0 Å². The van der Waals surface area contributed by atoms with Gasteiger partial charge in [0.05, 0.1) is 0 Å². The lowest BCUT2D eigenvalue weighted by Gasteiger charge is -2.34. The van der Waals surface area contributed by atoms with E-state index in [1.807, 2.05) is 6.08 Å². The third-order valence-corrected chi connectivity index (χ3v) is 2.92. The fourth-order valence-corrected chi connectivity index (χ4v) is 2.01. The average molecular weight is 196 g/mol. The smallest absolute Gasteiger partial charge is 0.0161 e. The van der Waals surface area contributed by atoms with Crippen LogP contribution in [0.2, 0.25) is 0 Å². The lowest BCUT2D eigenvalue weighted by atomic mass is 10.1. The van der Waals surface area contributed by atoms with Crippen LogP contribution in [-0.4, -0.2) is 48.1 Å². The first-order valence-electron chi connectivity index (χ1n) is 5.62. The highest BCUT2D eigenvalue weighted by Crippen LogP contribution is 2.15. The molecule has 0 aliphatic carbocycles. The van der Waals surface area contributed by atoms with Crippen molar-refractivity contribution in [2.45, 2.75) is 32.7 Å². The van der Waals surface area contributed by atoms with Crippen LogP contribution in [0.4, 0.5) is 0 Å². The number of hydrogen-bond donors (Lipinski definition) is 0. The number of nitrogens with zero attached hydrogens (tertiary/aromatic N) is 2. The lowest BCUT2D eigenvalue weighted by Crippen LogP contribution is -2.43. The van der Waals surface area contributed by atoms with Gasteiger partial charge in [-0.25, -0.2) is 0 Å². The molecule has 2 heteroatoms. The molecule has 0 atom stereocenters. The van der Waals surface area contributed by atoms with E-state index in [9.17, 15) is 0 Å². The van der Waals surface area contributed by atoms with E-state index in [1.54, 1.807) is 0 Å². The molecule has 1 fully saturated rings. The molecule has 0 amide bonds. The van der Waals surface area contributed by atoms with E-state index in [0.717, 1.165) is 6.54 Å². The molecule has 2 nitrogen and oxygen atoms in total. The first-order valence-corrected chi connectivity index (χ1v) is 5.62. The van der Waals surface area contributed by atoms with E-state index in [-0.39, 0.29) is 0 Å². The molecule has 0 aromatic carbocycles. The normalized spacial score (nSPS) is 21.9. The summed E-state index contributed by atoms with van der Waals surface area (Å²) in [6, 6.07) is 0. The molecule has 0 spiro atoms. The molecule has 82 valence electrons. The van der Waals surface area contributed by atoms with Gasteiger partial charge in [-0.1, -0.05) is 6.08 Å². The van der Waals surface area contributed by atoms with Gasteiger partial charge in [-0.2, -0.15) is 0 Å². The third-order valence-electron chi connectivity index (χ3n) is 2.92. The van der Waals surface area contributed by atoms with Gasteiger partial charge in [0, 0.05) is 25.2 Å². The van der Waals surface area contributed by atoms with Gasteiger partial charge in [-0.3, -0.25) is 9.80 Å². The molecule has 0 radical (unpaired) electrons. The zero-order chi connectivity index (χ0) is 10.6. The van der Waals surface area contributed by atoms with Gasteiger partial charge in [-0.05, 0) is 40.3 Å². The van der Waals surface area contributed by atoms with Gasteiger partial charge < -0.3 is 0 Å². The average Bonchev–Trinajstić information content (AvgIpc) is 2.29. The van der Waals surface area contributed by atoms with Crippen molar-refractivity contribution in [3.8, 4) is 0 Å². The molecular formula is C12H24N2. The largest absolute Gasteiger partial charge is 0.298 e. The van der Waals surface area contributed by atoms with Crippen molar-refractivity contribution in [1.29, 1.82) is 0 Å². The molecule has 1 aliphatic rings. The van der Waals surface area contributed by atoms with Gasteiger partial charge in [0.15, 0.2) is 0 Å². The van der Waals surface area contributed by atoms with E-state index >= 15 is 0 Å². The van der Waals surface area contributed by atoms with E-state index in [4.69, 9.17) is 0 Å². The molecule has 0 N–H and O–H groups in total. The van der Waals surface area contributed by atoms with Gasteiger partial charge in [0.25, 0.3) is 0 Å². The number of rotatable bonds is 2. The summed E-state index contributed by atoms with van der Waals surface area (Å²) in [5, 5.41) is 0. The Hall–Kier alpha value is -0.340. The summed E-state index contributed by atoms with van der Waals surface area (Å²) in [5.74, 6) is 0. The molecular weight excluding hydrogens is 172 g/mol. The Bertz CT molecular complexity index is 181. The van der Waals surface area contributed by atoms with Crippen molar-refractivity contribution < 1.29 is 0 Å².